The molecule has 2 N–H and O–H groups in total. The van der Waals surface area contributed by atoms with Crippen LogP contribution in [-0.2, 0) is 5.75 Å². The monoisotopic (exact) mass is 383 g/mol. The second-order valence-electron chi connectivity index (χ2n) is 4.91. The second-order valence-corrected chi connectivity index (χ2v) is 5.90. The van der Waals surface area contributed by atoms with E-state index in [0.717, 1.165) is 17.7 Å². The van der Waals surface area contributed by atoms with Gasteiger partial charge in [-0.15, -0.1) is 18.3 Å². The van der Waals surface area contributed by atoms with Crippen LogP contribution < -0.4 is 15.2 Å². The zero-order chi connectivity index (χ0) is 19.0. The summed E-state index contributed by atoms with van der Waals surface area (Å²) in [6, 6.07) is 13.3. The number of methoxy groups -OCH3 is 1. The van der Waals surface area contributed by atoms with Gasteiger partial charge < -0.3 is 15.2 Å². The zero-order valence-corrected chi connectivity index (χ0v) is 14.6. The predicted octanol–water partition coefficient (Wildman–Crippen LogP) is 4.18. The molecule has 138 valence electrons. The van der Waals surface area contributed by atoms with Crippen molar-refractivity contribution in [1.82, 2.24) is 0 Å². The normalized spacial score (nSPS) is 12.4. The zero-order valence-electron chi connectivity index (χ0n) is 13.7. The summed E-state index contributed by atoms with van der Waals surface area (Å²) in [5.74, 6) is 0.577. The maximum Gasteiger partial charge on any atom is 0.573 e. The number of thioether (sulfide) groups is 1. The molecule has 2 aromatic rings. The molecule has 26 heavy (non-hydrogen) atoms. The summed E-state index contributed by atoms with van der Waals surface area (Å²) in [6.07, 6.45) is -3.53. The van der Waals surface area contributed by atoms with Crippen molar-refractivity contribution in [2.45, 2.75) is 12.1 Å². The van der Waals surface area contributed by atoms with Crippen molar-refractivity contribution < 1.29 is 22.6 Å². The molecule has 0 bridgehead atoms. The molecule has 0 aliphatic carbocycles. The lowest BCUT2D eigenvalue weighted by Crippen LogP contribution is -2.17. The van der Waals surface area contributed by atoms with Gasteiger partial charge in [-0.1, -0.05) is 42.1 Å². The molecule has 9 heteroatoms. The molecule has 2 aromatic carbocycles. The summed E-state index contributed by atoms with van der Waals surface area (Å²) in [7, 11) is 1.39. The Labute approximate surface area is 152 Å². The molecule has 0 fully saturated rings. The van der Waals surface area contributed by atoms with E-state index in [4.69, 9.17) is 10.5 Å². The average Bonchev–Trinajstić information content (AvgIpc) is 2.60. The smallest absolute Gasteiger partial charge is 0.496 e. The Balaban J connectivity index is 2.04. The van der Waals surface area contributed by atoms with E-state index >= 15 is 0 Å². The van der Waals surface area contributed by atoms with Crippen LogP contribution in [0.1, 0.15) is 11.1 Å². The minimum absolute atomic E-state index is 0.228. The second kappa shape index (κ2) is 9.14. The maximum absolute atomic E-state index is 12.3. The Bertz CT molecular complexity index is 781. The molecule has 0 radical (unpaired) electrons. The molecule has 0 unspecified atom stereocenters. The van der Waals surface area contributed by atoms with Gasteiger partial charge in [0.25, 0.3) is 0 Å². The molecule has 5 nitrogen and oxygen atoms in total. The van der Waals surface area contributed by atoms with Crippen LogP contribution in [0.15, 0.2) is 58.7 Å². The molecule has 0 amide bonds. The number of amidine groups is 1. The number of rotatable bonds is 6. The van der Waals surface area contributed by atoms with E-state index in [0.29, 0.717) is 11.5 Å². The molecule has 0 saturated heterocycles. The largest absolute Gasteiger partial charge is 0.573 e. The van der Waals surface area contributed by atoms with Crippen LogP contribution in [0.5, 0.6) is 11.5 Å². The molecular formula is C17H16F3N3O2S. The van der Waals surface area contributed by atoms with Crippen LogP contribution in [-0.4, -0.2) is 24.9 Å². The summed E-state index contributed by atoms with van der Waals surface area (Å²) < 4.78 is 45.9. The van der Waals surface area contributed by atoms with Crippen LogP contribution in [0.25, 0.3) is 0 Å². The first kappa shape index (κ1) is 19.6. The maximum atomic E-state index is 12.3. The Hall–Kier alpha value is -2.68. The number of hydrogen-bond donors (Lipinski definition) is 1. The van der Waals surface area contributed by atoms with E-state index in [-0.39, 0.29) is 16.5 Å². The van der Waals surface area contributed by atoms with Crippen LogP contribution in [0.3, 0.4) is 0 Å². The average molecular weight is 383 g/mol. The van der Waals surface area contributed by atoms with Crippen molar-refractivity contribution in [2.75, 3.05) is 7.11 Å². The molecule has 0 aliphatic rings. The van der Waals surface area contributed by atoms with Gasteiger partial charge in [0.1, 0.15) is 11.5 Å². The molecule has 0 saturated carbocycles. The number of halogens is 3. The van der Waals surface area contributed by atoms with Gasteiger partial charge in [-0.05, 0) is 23.8 Å². The number of alkyl halides is 3. The molecular weight excluding hydrogens is 367 g/mol. The third-order valence-electron chi connectivity index (χ3n) is 3.02. The Morgan fingerprint density at radius 1 is 1.19 bits per heavy atom. The number of benzene rings is 2. The fourth-order valence-electron chi connectivity index (χ4n) is 1.92. The molecule has 0 aliphatic heterocycles. The van der Waals surface area contributed by atoms with Crippen molar-refractivity contribution in [3.8, 4) is 11.5 Å². The highest BCUT2D eigenvalue weighted by Gasteiger charge is 2.31. The third-order valence-corrected chi connectivity index (χ3v) is 3.87. The van der Waals surface area contributed by atoms with E-state index in [1.54, 1.807) is 0 Å². The number of nitrogens with zero attached hydrogens (tertiary/aromatic N) is 2. The van der Waals surface area contributed by atoms with Crippen molar-refractivity contribution >= 4 is 23.1 Å². The molecule has 0 spiro atoms. The van der Waals surface area contributed by atoms with Crippen LogP contribution >= 0.6 is 11.8 Å². The Morgan fingerprint density at radius 3 is 2.58 bits per heavy atom. The van der Waals surface area contributed by atoms with E-state index in [9.17, 15) is 13.2 Å². The quantitative estimate of drug-likeness (QED) is 0.462. The van der Waals surface area contributed by atoms with Gasteiger partial charge >= 0.3 is 6.36 Å². The van der Waals surface area contributed by atoms with Crippen LogP contribution in [0.4, 0.5) is 13.2 Å². The lowest BCUT2D eigenvalue weighted by molar-refractivity contribution is -0.274. The highest BCUT2D eigenvalue weighted by Crippen LogP contribution is 2.27. The highest BCUT2D eigenvalue weighted by atomic mass is 32.2. The van der Waals surface area contributed by atoms with Crippen molar-refractivity contribution in [3.63, 3.8) is 0 Å². The first-order chi connectivity index (χ1) is 12.4. The Kier molecular flexibility index (Phi) is 6.90. The van der Waals surface area contributed by atoms with Crippen molar-refractivity contribution in [1.29, 1.82) is 0 Å². The highest BCUT2D eigenvalue weighted by molar-refractivity contribution is 8.13. The topological polar surface area (TPSA) is 69.2 Å². The van der Waals surface area contributed by atoms with E-state index in [1.807, 2.05) is 30.3 Å². The van der Waals surface area contributed by atoms with Gasteiger partial charge in [0.05, 0.1) is 13.3 Å². The predicted molar refractivity (Wildman–Crippen MR) is 96.6 cm³/mol. The molecule has 0 aromatic heterocycles. The van der Waals surface area contributed by atoms with Gasteiger partial charge in [-0.3, -0.25) is 0 Å². The van der Waals surface area contributed by atoms with Gasteiger partial charge in [0.2, 0.25) is 0 Å². The number of hydrogen-bond acceptors (Lipinski definition) is 5. The van der Waals surface area contributed by atoms with Gasteiger partial charge in [0.15, 0.2) is 5.17 Å². The van der Waals surface area contributed by atoms with Crippen LogP contribution in [0, 0.1) is 0 Å². The lowest BCUT2D eigenvalue weighted by atomic mass is 10.2. The third kappa shape index (κ3) is 6.67. The van der Waals surface area contributed by atoms with E-state index in [1.165, 1.54) is 31.2 Å². The van der Waals surface area contributed by atoms with Crippen molar-refractivity contribution in [2.24, 2.45) is 15.9 Å². The summed E-state index contributed by atoms with van der Waals surface area (Å²) in [4.78, 5) is 0. The molecule has 0 atom stereocenters. The van der Waals surface area contributed by atoms with Crippen LogP contribution in [0.2, 0.25) is 0 Å². The molecule has 2 rings (SSSR count). The molecule has 0 heterocycles. The SMILES string of the molecule is COc1ccc(OC(F)(F)F)cc1C=NN=C(N)SCc1ccccc1. The number of nitrogens with two attached hydrogens (primary N) is 1. The lowest BCUT2D eigenvalue weighted by Gasteiger charge is -2.10. The minimum atomic E-state index is -4.78. The first-order valence-electron chi connectivity index (χ1n) is 7.34. The summed E-state index contributed by atoms with van der Waals surface area (Å²) in [5, 5.41) is 7.85. The summed E-state index contributed by atoms with van der Waals surface area (Å²) in [6.45, 7) is 0. The summed E-state index contributed by atoms with van der Waals surface area (Å²) >= 11 is 1.29. The Morgan fingerprint density at radius 2 is 1.92 bits per heavy atom. The van der Waals surface area contributed by atoms with E-state index in [2.05, 4.69) is 14.9 Å². The van der Waals surface area contributed by atoms with Gasteiger partial charge in [0, 0.05) is 11.3 Å². The summed E-state index contributed by atoms with van der Waals surface area (Å²) in [5.41, 5.74) is 7.12. The number of ether oxygens (including phenoxy) is 2. The fraction of sp³-hybridized carbons (Fsp3) is 0.176. The fourth-order valence-corrected chi connectivity index (χ4v) is 2.53. The van der Waals surface area contributed by atoms with Crippen molar-refractivity contribution in [3.05, 3.63) is 59.7 Å². The minimum Gasteiger partial charge on any atom is -0.496 e. The standard InChI is InChI=1S/C17H16F3N3O2S/c1-24-15-8-7-14(25-17(18,19)20)9-13(15)10-22-23-16(21)26-11-12-5-3-2-4-6-12/h2-10H,11H2,1H3,(H2,21,23). The van der Waals surface area contributed by atoms with Gasteiger partial charge in [-0.2, -0.15) is 5.10 Å². The van der Waals surface area contributed by atoms with E-state index < -0.39 is 6.36 Å². The first-order valence-corrected chi connectivity index (χ1v) is 8.33. The van der Waals surface area contributed by atoms with Gasteiger partial charge in [-0.25, -0.2) is 0 Å².